The molecule has 0 saturated heterocycles. The first kappa shape index (κ1) is 17.2. The highest BCUT2D eigenvalue weighted by Crippen LogP contribution is 2.21. The van der Waals surface area contributed by atoms with Crippen LogP contribution in [0.3, 0.4) is 0 Å². The third-order valence-corrected chi connectivity index (χ3v) is 3.79. The molecule has 0 aliphatic carbocycles. The molecule has 0 unspecified atom stereocenters. The van der Waals surface area contributed by atoms with E-state index in [9.17, 15) is 9.59 Å². The molecular weight excluding hydrogens is 361 g/mol. The largest absolute Gasteiger partial charge is 0.329 e. The number of halogens is 2. The predicted octanol–water partition coefficient (Wildman–Crippen LogP) is 2.72. The van der Waals surface area contributed by atoms with Crippen molar-refractivity contribution in [1.82, 2.24) is 15.7 Å². The number of anilines is 1. The van der Waals surface area contributed by atoms with Crippen molar-refractivity contribution in [3.05, 3.63) is 45.4 Å². The first-order valence-corrected chi connectivity index (χ1v) is 7.90. The second kappa shape index (κ2) is 8.47. The van der Waals surface area contributed by atoms with Gasteiger partial charge in [0.25, 0.3) is 5.91 Å². The third kappa shape index (κ3) is 5.51. The van der Waals surface area contributed by atoms with Crippen LogP contribution >= 0.6 is 34.5 Å². The summed E-state index contributed by atoms with van der Waals surface area (Å²) in [7, 11) is 0. The fraction of sp³-hybridized carbons (Fsp3) is 0.0769. The zero-order chi connectivity index (χ0) is 16.7. The lowest BCUT2D eigenvalue weighted by molar-refractivity contribution is -0.120. The van der Waals surface area contributed by atoms with Gasteiger partial charge in [0.15, 0.2) is 5.13 Å². The van der Waals surface area contributed by atoms with Crippen LogP contribution in [-0.4, -0.2) is 29.7 Å². The Bertz CT molecular complexity index is 701. The van der Waals surface area contributed by atoms with Crippen LogP contribution in [0.2, 0.25) is 10.0 Å². The Morgan fingerprint density at radius 3 is 2.70 bits per heavy atom. The Hall–Kier alpha value is -2.16. The molecule has 10 heteroatoms. The van der Waals surface area contributed by atoms with Gasteiger partial charge in [-0.3, -0.25) is 10.1 Å². The lowest BCUT2D eigenvalue weighted by Gasteiger charge is -2.04. The average molecular weight is 372 g/mol. The monoisotopic (exact) mass is 371 g/mol. The fourth-order valence-corrected chi connectivity index (χ4v) is 2.45. The number of amides is 3. The minimum absolute atomic E-state index is 0.245. The van der Waals surface area contributed by atoms with E-state index < -0.39 is 11.9 Å². The summed E-state index contributed by atoms with van der Waals surface area (Å²) in [5.74, 6) is -0.501. The predicted molar refractivity (Wildman–Crippen MR) is 91.3 cm³/mol. The van der Waals surface area contributed by atoms with Gasteiger partial charge in [0.1, 0.15) is 6.54 Å². The van der Waals surface area contributed by atoms with Crippen molar-refractivity contribution in [1.29, 1.82) is 0 Å². The Morgan fingerprint density at radius 1 is 1.30 bits per heavy atom. The topological polar surface area (TPSA) is 95.5 Å². The van der Waals surface area contributed by atoms with Gasteiger partial charge in [-0.2, -0.15) is 5.10 Å². The Labute approximate surface area is 145 Å². The standard InChI is InChI=1S/C13H11Cl2N5O2S/c14-9-2-1-3-10(15)8(9)6-18-20-11(21)7-17-12(22)19-13-16-4-5-23-13/h1-6H,7H2,(H,20,21)(H2,16,17,19,22)/b18-6+. The third-order valence-electron chi connectivity index (χ3n) is 2.44. The van der Waals surface area contributed by atoms with Crippen molar-refractivity contribution in [2.75, 3.05) is 11.9 Å². The van der Waals surface area contributed by atoms with Crippen LogP contribution in [-0.2, 0) is 4.79 Å². The summed E-state index contributed by atoms with van der Waals surface area (Å²) in [5.41, 5.74) is 2.75. The quantitative estimate of drug-likeness (QED) is 0.556. The molecule has 7 nitrogen and oxygen atoms in total. The molecule has 0 spiro atoms. The van der Waals surface area contributed by atoms with Crippen LogP contribution < -0.4 is 16.1 Å². The number of benzene rings is 1. The van der Waals surface area contributed by atoms with E-state index >= 15 is 0 Å². The summed E-state index contributed by atoms with van der Waals surface area (Å²) < 4.78 is 0. The maximum Gasteiger partial charge on any atom is 0.321 e. The van der Waals surface area contributed by atoms with Gasteiger partial charge in [0.05, 0.1) is 16.3 Å². The van der Waals surface area contributed by atoms with Gasteiger partial charge in [-0.1, -0.05) is 29.3 Å². The number of rotatable bonds is 5. The van der Waals surface area contributed by atoms with Crippen LogP contribution in [0.15, 0.2) is 34.9 Å². The molecule has 0 aliphatic heterocycles. The van der Waals surface area contributed by atoms with Crippen LogP contribution in [0, 0.1) is 0 Å². The molecule has 2 rings (SSSR count). The van der Waals surface area contributed by atoms with Gasteiger partial charge in [-0.05, 0) is 12.1 Å². The van der Waals surface area contributed by atoms with Crippen molar-refractivity contribution < 1.29 is 9.59 Å². The SMILES string of the molecule is O=C(CNC(=O)Nc1nccs1)N/N=C/c1c(Cl)cccc1Cl. The number of carbonyl (C=O) groups excluding carboxylic acids is 2. The molecule has 120 valence electrons. The second-order valence-corrected chi connectivity index (χ2v) is 5.78. The highest BCUT2D eigenvalue weighted by molar-refractivity contribution is 7.13. The molecule has 0 atom stereocenters. The maximum absolute atomic E-state index is 11.6. The van der Waals surface area contributed by atoms with Gasteiger partial charge in [-0.15, -0.1) is 11.3 Å². The number of hydrogen-bond acceptors (Lipinski definition) is 5. The average Bonchev–Trinajstić information content (AvgIpc) is 3.01. The van der Waals surface area contributed by atoms with Gasteiger partial charge >= 0.3 is 6.03 Å². The smallest absolute Gasteiger partial charge is 0.321 e. The minimum atomic E-state index is -0.534. The number of urea groups is 1. The molecule has 3 N–H and O–H groups in total. The van der Waals surface area contributed by atoms with E-state index in [0.717, 1.165) is 0 Å². The summed E-state index contributed by atoms with van der Waals surface area (Å²) in [5, 5.41) is 11.6. The molecular formula is C13H11Cl2N5O2S. The molecule has 2 aromatic rings. The highest BCUT2D eigenvalue weighted by Gasteiger charge is 2.06. The molecule has 3 amide bonds. The molecule has 0 fully saturated rings. The number of nitrogens with zero attached hydrogens (tertiary/aromatic N) is 2. The first-order chi connectivity index (χ1) is 11.1. The van der Waals surface area contributed by atoms with E-state index in [-0.39, 0.29) is 6.54 Å². The molecule has 0 aliphatic rings. The van der Waals surface area contributed by atoms with E-state index in [2.05, 4.69) is 26.1 Å². The number of hydrazone groups is 1. The van der Waals surface area contributed by atoms with Crippen LogP contribution in [0.4, 0.5) is 9.93 Å². The Balaban J connectivity index is 1.77. The Kier molecular flexibility index (Phi) is 6.33. The molecule has 0 bridgehead atoms. The summed E-state index contributed by atoms with van der Waals surface area (Å²) in [6, 6.07) is 4.47. The zero-order valence-corrected chi connectivity index (χ0v) is 13.9. The van der Waals surface area contributed by atoms with E-state index in [0.29, 0.717) is 20.7 Å². The fourth-order valence-electron chi connectivity index (χ4n) is 1.43. The summed E-state index contributed by atoms with van der Waals surface area (Å²) in [6.07, 6.45) is 2.89. The zero-order valence-electron chi connectivity index (χ0n) is 11.5. The lowest BCUT2D eigenvalue weighted by atomic mass is 10.2. The van der Waals surface area contributed by atoms with Crippen molar-refractivity contribution in [2.45, 2.75) is 0 Å². The lowest BCUT2D eigenvalue weighted by Crippen LogP contribution is -2.37. The number of thiazole rings is 1. The Morgan fingerprint density at radius 2 is 2.04 bits per heavy atom. The van der Waals surface area contributed by atoms with Gasteiger partial charge < -0.3 is 5.32 Å². The van der Waals surface area contributed by atoms with Crippen LogP contribution in [0.5, 0.6) is 0 Å². The highest BCUT2D eigenvalue weighted by atomic mass is 35.5. The molecule has 1 heterocycles. The van der Waals surface area contributed by atoms with Crippen molar-refractivity contribution in [3.63, 3.8) is 0 Å². The minimum Gasteiger partial charge on any atom is -0.329 e. The van der Waals surface area contributed by atoms with E-state index in [1.54, 1.807) is 29.8 Å². The van der Waals surface area contributed by atoms with Gasteiger partial charge in [0, 0.05) is 17.1 Å². The number of nitrogens with one attached hydrogen (secondary N) is 3. The first-order valence-electron chi connectivity index (χ1n) is 6.26. The van der Waals surface area contributed by atoms with Gasteiger partial charge in [0.2, 0.25) is 0 Å². The number of hydrogen-bond donors (Lipinski definition) is 3. The van der Waals surface area contributed by atoms with Gasteiger partial charge in [-0.25, -0.2) is 15.2 Å². The molecule has 23 heavy (non-hydrogen) atoms. The van der Waals surface area contributed by atoms with E-state index in [1.807, 2.05) is 0 Å². The molecule has 0 saturated carbocycles. The summed E-state index contributed by atoms with van der Waals surface area (Å²) in [6.45, 7) is -0.245. The van der Waals surface area contributed by atoms with E-state index in [1.165, 1.54) is 17.6 Å². The summed E-state index contributed by atoms with van der Waals surface area (Å²) >= 11 is 13.2. The van der Waals surface area contributed by atoms with Crippen molar-refractivity contribution in [3.8, 4) is 0 Å². The number of aromatic nitrogens is 1. The molecule has 1 aromatic carbocycles. The molecule has 0 radical (unpaired) electrons. The summed E-state index contributed by atoms with van der Waals surface area (Å²) in [4.78, 5) is 26.9. The van der Waals surface area contributed by atoms with E-state index in [4.69, 9.17) is 23.2 Å². The van der Waals surface area contributed by atoms with Crippen molar-refractivity contribution in [2.24, 2.45) is 5.10 Å². The molecule has 1 aromatic heterocycles. The van der Waals surface area contributed by atoms with Crippen LogP contribution in [0.1, 0.15) is 5.56 Å². The van der Waals surface area contributed by atoms with Crippen LogP contribution in [0.25, 0.3) is 0 Å². The number of carbonyl (C=O) groups is 2. The maximum atomic E-state index is 11.6. The normalized spacial score (nSPS) is 10.5. The second-order valence-electron chi connectivity index (χ2n) is 4.07. The van der Waals surface area contributed by atoms with Crippen molar-refractivity contribution >= 4 is 57.8 Å².